The zero-order valence-electron chi connectivity index (χ0n) is 13.4. The van der Waals surface area contributed by atoms with E-state index in [1.54, 1.807) is 18.2 Å². The summed E-state index contributed by atoms with van der Waals surface area (Å²) >= 11 is 0. The Hall–Kier alpha value is -2.36. The average Bonchev–Trinajstić information content (AvgIpc) is 2.84. The van der Waals surface area contributed by atoms with E-state index in [9.17, 15) is 14.3 Å². The number of carbonyl (C=O) groups is 1. The molecule has 2 bridgehead atoms. The molecule has 2 aliphatic rings. The molecule has 2 atom stereocenters. The minimum atomic E-state index is -0.210. The van der Waals surface area contributed by atoms with Crippen molar-refractivity contribution in [1.82, 2.24) is 4.90 Å². The SMILES string of the molecule is O=C(c1cccc(O)c1)N1C2CCC1CC(c1ccc(F)cc1)C2. The first kappa shape index (κ1) is 15.2. The number of carbonyl (C=O) groups excluding carboxylic acids is 1. The molecule has 0 aliphatic carbocycles. The number of piperidine rings is 1. The molecule has 124 valence electrons. The number of benzene rings is 2. The summed E-state index contributed by atoms with van der Waals surface area (Å²) in [5.41, 5.74) is 1.71. The van der Waals surface area contributed by atoms with Crippen LogP contribution < -0.4 is 0 Å². The predicted molar refractivity (Wildman–Crippen MR) is 89.5 cm³/mol. The van der Waals surface area contributed by atoms with E-state index in [2.05, 4.69) is 0 Å². The molecule has 2 fully saturated rings. The van der Waals surface area contributed by atoms with Crippen LogP contribution in [-0.4, -0.2) is 28.0 Å². The summed E-state index contributed by atoms with van der Waals surface area (Å²) in [5.74, 6) is 0.305. The number of halogens is 1. The maximum atomic E-state index is 13.1. The number of hydrogen-bond donors (Lipinski definition) is 1. The van der Waals surface area contributed by atoms with Gasteiger partial charge in [0.1, 0.15) is 11.6 Å². The number of fused-ring (bicyclic) bond motifs is 2. The third kappa shape index (κ3) is 2.66. The lowest BCUT2D eigenvalue weighted by atomic mass is 9.85. The van der Waals surface area contributed by atoms with Gasteiger partial charge in [0.15, 0.2) is 0 Å². The fourth-order valence-electron chi connectivity index (χ4n) is 4.30. The van der Waals surface area contributed by atoms with Crippen molar-refractivity contribution in [2.75, 3.05) is 0 Å². The standard InChI is InChI=1S/C20H20FNO2/c21-16-6-4-13(5-7-16)15-10-17-8-9-18(11-15)22(17)20(24)14-2-1-3-19(23)12-14/h1-7,12,15,17-18,23H,8-11H2. The molecule has 2 aromatic carbocycles. The second kappa shape index (κ2) is 5.93. The van der Waals surface area contributed by atoms with E-state index >= 15 is 0 Å². The molecule has 1 N–H and O–H groups in total. The van der Waals surface area contributed by atoms with Crippen LogP contribution in [0.2, 0.25) is 0 Å². The van der Waals surface area contributed by atoms with Gasteiger partial charge in [-0.2, -0.15) is 0 Å². The fraction of sp³-hybridized carbons (Fsp3) is 0.350. The summed E-state index contributed by atoms with van der Waals surface area (Å²) in [6.07, 6.45) is 3.89. The predicted octanol–water partition coefficient (Wildman–Crippen LogP) is 4.08. The van der Waals surface area contributed by atoms with Crippen LogP contribution >= 0.6 is 0 Å². The second-order valence-electron chi connectivity index (χ2n) is 6.87. The van der Waals surface area contributed by atoms with Crippen molar-refractivity contribution in [3.05, 3.63) is 65.5 Å². The Kier molecular flexibility index (Phi) is 3.75. The van der Waals surface area contributed by atoms with Gasteiger partial charge < -0.3 is 10.0 Å². The molecule has 3 nitrogen and oxygen atoms in total. The van der Waals surface area contributed by atoms with Gasteiger partial charge in [-0.15, -0.1) is 0 Å². The number of rotatable bonds is 2. The Bertz CT molecular complexity index is 744. The van der Waals surface area contributed by atoms with Gasteiger partial charge in [0.2, 0.25) is 0 Å². The first-order chi connectivity index (χ1) is 11.6. The number of phenols is 1. The molecule has 0 spiro atoms. The van der Waals surface area contributed by atoms with Crippen LogP contribution in [0.3, 0.4) is 0 Å². The highest BCUT2D eigenvalue weighted by molar-refractivity contribution is 5.95. The van der Waals surface area contributed by atoms with Crippen LogP contribution in [0.1, 0.15) is 47.5 Å². The molecule has 2 saturated heterocycles. The van der Waals surface area contributed by atoms with E-state index in [1.807, 2.05) is 17.0 Å². The molecular weight excluding hydrogens is 305 g/mol. The number of nitrogens with zero attached hydrogens (tertiary/aromatic N) is 1. The van der Waals surface area contributed by atoms with E-state index in [-0.39, 0.29) is 29.6 Å². The summed E-state index contributed by atoms with van der Waals surface area (Å²) in [6.45, 7) is 0. The highest BCUT2D eigenvalue weighted by Crippen LogP contribution is 2.43. The summed E-state index contributed by atoms with van der Waals surface area (Å²) in [7, 11) is 0. The number of aromatic hydroxyl groups is 1. The van der Waals surface area contributed by atoms with E-state index in [0.717, 1.165) is 31.2 Å². The first-order valence-electron chi connectivity index (χ1n) is 8.49. The topological polar surface area (TPSA) is 40.5 Å². The monoisotopic (exact) mass is 325 g/mol. The minimum Gasteiger partial charge on any atom is -0.508 e. The van der Waals surface area contributed by atoms with Crippen LogP contribution in [0, 0.1) is 5.82 Å². The number of hydrogen-bond acceptors (Lipinski definition) is 2. The third-order valence-electron chi connectivity index (χ3n) is 5.40. The first-order valence-corrected chi connectivity index (χ1v) is 8.49. The van der Waals surface area contributed by atoms with E-state index in [0.29, 0.717) is 11.5 Å². The lowest BCUT2D eigenvalue weighted by Crippen LogP contribution is -2.46. The smallest absolute Gasteiger partial charge is 0.254 e. The quantitative estimate of drug-likeness (QED) is 0.904. The zero-order valence-corrected chi connectivity index (χ0v) is 13.4. The van der Waals surface area contributed by atoms with Gasteiger partial charge in [0, 0.05) is 17.6 Å². The van der Waals surface area contributed by atoms with Crippen molar-refractivity contribution in [2.45, 2.75) is 43.7 Å². The molecule has 2 heterocycles. The van der Waals surface area contributed by atoms with Crippen molar-refractivity contribution in [3.63, 3.8) is 0 Å². The number of phenolic OH excluding ortho intramolecular Hbond substituents is 1. The lowest BCUT2D eigenvalue weighted by molar-refractivity contribution is 0.0571. The molecule has 0 saturated carbocycles. The molecule has 24 heavy (non-hydrogen) atoms. The van der Waals surface area contributed by atoms with Gasteiger partial charge in [0.05, 0.1) is 0 Å². The van der Waals surface area contributed by atoms with Gasteiger partial charge in [-0.3, -0.25) is 4.79 Å². The molecule has 1 amide bonds. The second-order valence-corrected chi connectivity index (χ2v) is 6.87. The number of amides is 1. The van der Waals surface area contributed by atoms with Crippen molar-refractivity contribution in [2.24, 2.45) is 0 Å². The highest BCUT2D eigenvalue weighted by Gasteiger charge is 2.43. The zero-order chi connectivity index (χ0) is 16.7. The molecule has 2 unspecified atom stereocenters. The summed E-state index contributed by atoms with van der Waals surface area (Å²) in [5, 5.41) is 9.62. The minimum absolute atomic E-state index is 0.0101. The molecular formula is C20H20FNO2. The maximum Gasteiger partial charge on any atom is 0.254 e. The van der Waals surface area contributed by atoms with Crippen LogP contribution in [0.15, 0.2) is 48.5 Å². The fourth-order valence-corrected chi connectivity index (χ4v) is 4.30. The van der Waals surface area contributed by atoms with Crippen LogP contribution in [-0.2, 0) is 0 Å². The van der Waals surface area contributed by atoms with Crippen molar-refractivity contribution >= 4 is 5.91 Å². The highest BCUT2D eigenvalue weighted by atomic mass is 19.1. The summed E-state index contributed by atoms with van der Waals surface area (Å²) in [4.78, 5) is 14.9. The van der Waals surface area contributed by atoms with E-state index in [4.69, 9.17) is 0 Å². The third-order valence-corrected chi connectivity index (χ3v) is 5.40. The molecule has 0 aromatic heterocycles. The van der Waals surface area contributed by atoms with Gasteiger partial charge in [0.25, 0.3) is 5.91 Å². The Labute approximate surface area is 140 Å². The van der Waals surface area contributed by atoms with Gasteiger partial charge >= 0.3 is 0 Å². The largest absolute Gasteiger partial charge is 0.508 e. The summed E-state index contributed by atoms with van der Waals surface area (Å²) in [6, 6.07) is 13.8. The lowest BCUT2D eigenvalue weighted by Gasteiger charge is -2.39. The molecule has 2 aromatic rings. The normalized spacial score (nSPS) is 25.7. The molecule has 4 heteroatoms. The van der Waals surface area contributed by atoms with Gasteiger partial charge in [-0.25, -0.2) is 4.39 Å². The molecule has 0 radical (unpaired) electrons. The van der Waals surface area contributed by atoms with Gasteiger partial charge in [-0.1, -0.05) is 18.2 Å². The van der Waals surface area contributed by atoms with E-state index < -0.39 is 0 Å². The van der Waals surface area contributed by atoms with E-state index in [1.165, 1.54) is 18.2 Å². The van der Waals surface area contributed by atoms with Gasteiger partial charge in [-0.05, 0) is 67.5 Å². The van der Waals surface area contributed by atoms with Crippen molar-refractivity contribution < 1.29 is 14.3 Å². The average molecular weight is 325 g/mol. The Morgan fingerprint density at radius 1 is 1.04 bits per heavy atom. The Morgan fingerprint density at radius 3 is 2.33 bits per heavy atom. The van der Waals surface area contributed by atoms with Crippen molar-refractivity contribution in [3.8, 4) is 5.75 Å². The maximum absolute atomic E-state index is 13.1. The molecule has 2 aliphatic heterocycles. The summed E-state index contributed by atoms with van der Waals surface area (Å²) < 4.78 is 13.1. The Balaban J connectivity index is 1.55. The van der Waals surface area contributed by atoms with Crippen LogP contribution in [0.25, 0.3) is 0 Å². The van der Waals surface area contributed by atoms with Crippen LogP contribution in [0.5, 0.6) is 5.75 Å². The Morgan fingerprint density at radius 2 is 1.71 bits per heavy atom. The van der Waals surface area contributed by atoms with Crippen LogP contribution in [0.4, 0.5) is 4.39 Å². The van der Waals surface area contributed by atoms with Crippen molar-refractivity contribution in [1.29, 1.82) is 0 Å². The molecule has 4 rings (SSSR count).